The van der Waals surface area contributed by atoms with Crippen molar-refractivity contribution in [2.45, 2.75) is 32.2 Å². The number of aliphatic hydroxyl groups excluding tert-OH is 1. The number of primary amides is 1. The number of amides is 2. The molecule has 0 unspecified atom stereocenters. The van der Waals surface area contributed by atoms with Crippen LogP contribution in [0.3, 0.4) is 0 Å². The van der Waals surface area contributed by atoms with Gasteiger partial charge < -0.3 is 16.2 Å². The van der Waals surface area contributed by atoms with Gasteiger partial charge in [-0.1, -0.05) is 24.0 Å². The van der Waals surface area contributed by atoms with E-state index in [1.807, 2.05) is 0 Å². The van der Waals surface area contributed by atoms with E-state index in [0.717, 1.165) is 0 Å². The van der Waals surface area contributed by atoms with E-state index in [0.29, 0.717) is 17.5 Å². The molecule has 1 aromatic rings. The SMILES string of the molecule is CC(C)(CC(N)=O)NC(=O)c1ccccc1C#CCCO. The second-order valence-electron chi connectivity index (χ2n) is 5.30. The Bertz CT molecular complexity index is 583. The first kappa shape index (κ1) is 16.7. The molecule has 0 spiro atoms. The molecule has 0 saturated heterocycles. The summed E-state index contributed by atoms with van der Waals surface area (Å²) in [4.78, 5) is 23.3. The quantitative estimate of drug-likeness (QED) is 0.700. The second kappa shape index (κ2) is 7.46. The molecule has 5 nitrogen and oxygen atoms in total. The van der Waals surface area contributed by atoms with Crippen molar-refractivity contribution in [3.05, 3.63) is 35.4 Å². The van der Waals surface area contributed by atoms with Crippen LogP contribution in [0.2, 0.25) is 0 Å². The lowest BCUT2D eigenvalue weighted by molar-refractivity contribution is -0.119. The Balaban J connectivity index is 2.93. The van der Waals surface area contributed by atoms with Gasteiger partial charge in [-0.15, -0.1) is 0 Å². The first-order chi connectivity index (χ1) is 9.85. The third-order valence-corrected chi connectivity index (χ3v) is 2.70. The zero-order valence-corrected chi connectivity index (χ0v) is 12.3. The van der Waals surface area contributed by atoms with Gasteiger partial charge in [0.25, 0.3) is 5.91 Å². The van der Waals surface area contributed by atoms with Gasteiger partial charge in [0.15, 0.2) is 0 Å². The summed E-state index contributed by atoms with van der Waals surface area (Å²) >= 11 is 0. The Kier molecular flexibility index (Phi) is 5.94. The fraction of sp³-hybridized carbons (Fsp3) is 0.375. The highest BCUT2D eigenvalue weighted by atomic mass is 16.2. The van der Waals surface area contributed by atoms with Crippen molar-refractivity contribution in [1.82, 2.24) is 5.32 Å². The first-order valence-electron chi connectivity index (χ1n) is 6.65. The van der Waals surface area contributed by atoms with Crippen molar-refractivity contribution < 1.29 is 14.7 Å². The molecule has 0 radical (unpaired) electrons. The Morgan fingerprint density at radius 3 is 2.62 bits per heavy atom. The third-order valence-electron chi connectivity index (χ3n) is 2.70. The highest BCUT2D eigenvalue weighted by Gasteiger charge is 2.24. The van der Waals surface area contributed by atoms with Crippen LogP contribution in [0.1, 0.15) is 42.6 Å². The minimum Gasteiger partial charge on any atom is -0.395 e. The number of carbonyl (C=O) groups excluding carboxylic acids is 2. The number of benzene rings is 1. The monoisotopic (exact) mass is 288 g/mol. The maximum atomic E-state index is 12.3. The third kappa shape index (κ3) is 5.67. The van der Waals surface area contributed by atoms with Crippen LogP contribution in [0.5, 0.6) is 0 Å². The highest BCUT2D eigenvalue weighted by Crippen LogP contribution is 2.12. The fourth-order valence-electron chi connectivity index (χ4n) is 1.86. The number of hydrogen-bond donors (Lipinski definition) is 3. The Labute approximate surface area is 124 Å². The number of hydrogen-bond acceptors (Lipinski definition) is 3. The molecule has 0 fully saturated rings. The summed E-state index contributed by atoms with van der Waals surface area (Å²) in [5.74, 6) is 4.86. The Morgan fingerprint density at radius 2 is 2.00 bits per heavy atom. The van der Waals surface area contributed by atoms with Crippen molar-refractivity contribution in [3.8, 4) is 11.8 Å². The van der Waals surface area contributed by atoms with Gasteiger partial charge in [-0.2, -0.15) is 0 Å². The van der Waals surface area contributed by atoms with E-state index in [2.05, 4.69) is 17.2 Å². The fourth-order valence-corrected chi connectivity index (χ4v) is 1.86. The molecule has 0 heterocycles. The summed E-state index contributed by atoms with van der Waals surface area (Å²) in [5.41, 5.74) is 5.45. The molecule has 112 valence electrons. The van der Waals surface area contributed by atoms with Gasteiger partial charge in [0, 0.05) is 23.9 Å². The molecular formula is C16H20N2O3. The molecule has 0 aliphatic carbocycles. The van der Waals surface area contributed by atoms with Gasteiger partial charge in [0.2, 0.25) is 5.91 Å². The summed E-state index contributed by atoms with van der Waals surface area (Å²) in [6.07, 6.45) is 0.403. The standard InChI is InChI=1S/C16H20N2O3/c1-16(2,11-14(17)20)18-15(21)13-9-4-3-7-12(13)8-5-6-10-19/h3-4,7,9,19H,6,10-11H2,1-2H3,(H2,17,20)(H,18,21). The number of rotatable bonds is 5. The van der Waals surface area contributed by atoms with Gasteiger partial charge in [-0.05, 0) is 26.0 Å². The molecule has 0 aliphatic heterocycles. The molecule has 1 aromatic carbocycles. The van der Waals surface area contributed by atoms with Crippen LogP contribution in [0.4, 0.5) is 0 Å². The van der Waals surface area contributed by atoms with Gasteiger partial charge in [0.1, 0.15) is 0 Å². The molecule has 1 rings (SSSR count). The van der Waals surface area contributed by atoms with Crippen LogP contribution in [0.25, 0.3) is 0 Å². The van der Waals surface area contributed by atoms with Crippen molar-refractivity contribution in [2.75, 3.05) is 6.61 Å². The maximum absolute atomic E-state index is 12.3. The smallest absolute Gasteiger partial charge is 0.252 e. The first-order valence-corrected chi connectivity index (χ1v) is 6.65. The number of nitrogens with two attached hydrogens (primary N) is 1. The van der Waals surface area contributed by atoms with Crippen LogP contribution in [0, 0.1) is 11.8 Å². The summed E-state index contributed by atoms with van der Waals surface area (Å²) < 4.78 is 0. The lowest BCUT2D eigenvalue weighted by Crippen LogP contribution is -2.46. The molecule has 2 amide bonds. The normalized spacial score (nSPS) is 10.4. The van der Waals surface area contributed by atoms with E-state index in [1.54, 1.807) is 38.1 Å². The maximum Gasteiger partial charge on any atom is 0.252 e. The minimum absolute atomic E-state index is 0.0208. The van der Waals surface area contributed by atoms with E-state index in [-0.39, 0.29) is 18.9 Å². The average Bonchev–Trinajstić information content (AvgIpc) is 2.37. The molecule has 0 saturated carbocycles. The number of carbonyl (C=O) groups is 2. The van der Waals surface area contributed by atoms with Crippen LogP contribution < -0.4 is 11.1 Å². The summed E-state index contributed by atoms with van der Waals surface area (Å²) in [7, 11) is 0. The summed E-state index contributed by atoms with van der Waals surface area (Å²) in [5, 5.41) is 11.5. The summed E-state index contributed by atoms with van der Waals surface area (Å²) in [6, 6.07) is 6.93. The topological polar surface area (TPSA) is 92.4 Å². The largest absolute Gasteiger partial charge is 0.395 e. The molecule has 0 atom stereocenters. The van der Waals surface area contributed by atoms with Gasteiger partial charge in [0.05, 0.1) is 12.2 Å². The predicted octanol–water partition coefficient (Wildman–Crippen LogP) is 0.804. The Hall–Kier alpha value is -2.32. The summed E-state index contributed by atoms with van der Waals surface area (Å²) in [6.45, 7) is 3.44. The lowest BCUT2D eigenvalue weighted by atomic mass is 9.98. The zero-order valence-electron chi connectivity index (χ0n) is 12.3. The van der Waals surface area contributed by atoms with Gasteiger partial charge in [-0.25, -0.2) is 0 Å². The van der Waals surface area contributed by atoms with Crippen molar-refractivity contribution in [1.29, 1.82) is 0 Å². The molecule has 5 heteroatoms. The number of aliphatic hydroxyl groups is 1. The van der Waals surface area contributed by atoms with Crippen LogP contribution in [0.15, 0.2) is 24.3 Å². The van der Waals surface area contributed by atoms with Crippen LogP contribution in [-0.2, 0) is 4.79 Å². The lowest BCUT2D eigenvalue weighted by Gasteiger charge is -2.25. The predicted molar refractivity (Wildman–Crippen MR) is 80.4 cm³/mol. The second-order valence-corrected chi connectivity index (χ2v) is 5.30. The van der Waals surface area contributed by atoms with Gasteiger partial charge in [-0.3, -0.25) is 9.59 Å². The molecule has 0 bridgehead atoms. The molecular weight excluding hydrogens is 268 g/mol. The van der Waals surface area contributed by atoms with E-state index in [4.69, 9.17) is 10.8 Å². The minimum atomic E-state index is -0.728. The van der Waals surface area contributed by atoms with E-state index in [1.165, 1.54) is 0 Å². The van der Waals surface area contributed by atoms with Gasteiger partial charge >= 0.3 is 0 Å². The zero-order chi connectivity index (χ0) is 15.9. The van der Waals surface area contributed by atoms with Crippen LogP contribution in [-0.4, -0.2) is 29.1 Å². The molecule has 21 heavy (non-hydrogen) atoms. The number of nitrogens with one attached hydrogen (secondary N) is 1. The molecule has 0 aromatic heterocycles. The highest BCUT2D eigenvalue weighted by molar-refractivity contribution is 5.97. The molecule has 0 aliphatic rings. The van der Waals surface area contributed by atoms with E-state index < -0.39 is 11.4 Å². The molecule has 4 N–H and O–H groups in total. The van der Waals surface area contributed by atoms with Crippen molar-refractivity contribution >= 4 is 11.8 Å². The van der Waals surface area contributed by atoms with E-state index in [9.17, 15) is 9.59 Å². The van der Waals surface area contributed by atoms with E-state index >= 15 is 0 Å². The Morgan fingerprint density at radius 1 is 1.33 bits per heavy atom. The van der Waals surface area contributed by atoms with Crippen LogP contribution >= 0.6 is 0 Å². The van der Waals surface area contributed by atoms with Crippen molar-refractivity contribution in [3.63, 3.8) is 0 Å². The van der Waals surface area contributed by atoms with Crippen molar-refractivity contribution in [2.24, 2.45) is 5.73 Å². The average molecular weight is 288 g/mol.